The molecule has 1 aromatic carbocycles. The van der Waals surface area contributed by atoms with E-state index in [9.17, 15) is 9.90 Å². The van der Waals surface area contributed by atoms with Gasteiger partial charge in [-0.2, -0.15) is 0 Å². The Morgan fingerprint density at radius 2 is 2.20 bits per heavy atom. The van der Waals surface area contributed by atoms with Gasteiger partial charge in [-0.3, -0.25) is 4.98 Å². The number of hydrogen-bond acceptors (Lipinski definition) is 4. The van der Waals surface area contributed by atoms with Crippen LogP contribution in [0.1, 0.15) is 21.6 Å². The minimum absolute atomic E-state index is 0.208. The summed E-state index contributed by atoms with van der Waals surface area (Å²) in [6.45, 7) is 2.42. The van der Waals surface area contributed by atoms with Gasteiger partial charge < -0.3 is 15.2 Å². The number of benzene rings is 1. The lowest BCUT2D eigenvalue weighted by Gasteiger charge is -2.12. The third-order valence-corrected chi connectivity index (χ3v) is 3.02. The highest BCUT2D eigenvalue weighted by atomic mass is 16.5. The predicted molar refractivity (Wildman–Crippen MR) is 76.3 cm³/mol. The van der Waals surface area contributed by atoms with Crippen LogP contribution in [0.4, 0.5) is 5.69 Å². The fourth-order valence-corrected chi connectivity index (χ4v) is 1.87. The molecule has 0 atom stereocenters. The van der Waals surface area contributed by atoms with Crippen molar-refractivity contribution in [2.45, 2.75) is 13.5 Å². The van der Waals surface area contributed by atoms with E-state index in [1.807, 2.05) is 19.1 Å². The number of carbonyl (C=O) groups is 1. The fraction of sp³-hybridized carbons (Fsp3) is 0.200. The largest absolute Gasteiger partial charge is 0.497 e. The van der Waals surface area contributed by atoms with Crippen molar-refractivity contribution in [2.24, 2.45) is 0 Å². The van der Waals surface area contributed by atoms with Gasteiger partial charge in [-0.25, -0.2) is 4.79 Å². The number of methoxy groups -OCH3 is 1. The van der Waals surface area contributed by atoms with Gasteiger partial charge in [0.15, 0.2) is 0 Å². The fourth-order valence-electron chi connectivity index (χ4n) is 1.87. The number of aryl methyl sites for hydroxylation is 1. The Bertz CT molecular complexity index is 626. The number of nitrogens with one attached hydrogen (secondary N) is 1. The van der Waals surface area contributed by atoms with Gasteiger partial charge in [-0.05, 0) is 30.7 Å². The van der Waals surface area contributed by atoms with Crippen molar-refractivity contribution in [1.82, 2.24) is 4.98 Å². The third-order valence-electron chi connectivity index (χ3n) is 3.02. The number of aromatic nitrogens is 1. The third kappa shape index (κ3) is 3.06. The second-order valence-electron chi connectivity index (χ2n) is 4.34. The van der Waals surface area contributed by atoms with Gasteiger partial charge in [-0.15, -0.1) is 0 Å². The number of carboxylic acid groups (broad SMARTS) is 1. The van der Waals surface area contributed by atoms with Crippen molar-refractivity contribution in [3.8, 4) is 5.75 Å². The first kappa shape index (κ1) is 13.9. The Labute approximate surface area is 117 Å². The molecular weight excluding hydrogens is 256 g/mol. The highest BCUT2D eigenvalue weighted by Crippen LogP contribution is 2.23. The number of nitrogens with zero attached hydrogens (tertiary/aromatic N) is 1. The van der Waals surface area contributed by atoms with Gasteiger partial charge >= 0.3 is 5.97 Å². The van der Waals surface area contributed by atoms with E-state index in [1.165, 1.54) is 6.07 Å². The normalized spacial score (nSPS) is 10.1. The Balaban J connectivity index is 2.24. The summed E-state index contributed by atoms with van der Waals surface area (Å²) >= 11 is 0. The molecule has 0 saturated heterocycles. The molecule has 0 aliphatic heterocycles. The summed E-state index contributed by atoms with van der Waals surface area (Å²) in [6, 6.07) is 8.65. The van der Waals surface area contributed by atoms with E-state index in [1.54, 1.807) is 25.4 Å². The topological polar surface area (TPSA) is 71.5 Å². The van der Waals surface area contributed by atoms with E-state index in [0.29, 0.717) is 18.0 Å². The lowest BCUT2D eigenvalue weighted by molar-refractivity contribution is 0.0698. The number of aromatic carboxylic acids is 1. The molecule has 0 spiro atoms. The summed E-state index contributed by atoms with van der Waals surface area (Å²) in [5, 5.41) is 12.3. The molecular formula is C15H16N2O3. The van der Waals surface area contributed by atoms with Crippen LogP contribution in [-0.2, 0) is 6.54 Å². The molecule has 0 aliphatic carbocycles. The summed E-state index contributed by atoms with van der Waals surface area (Å²) in [7, 11) is 1.54. The van der Waals surface area contributed by atoms with Gasteiger partial charge in [0.05, 0.1) is 30.6 Å². The average Bonchev–Trinajstić information content (AvgIpc) is 2.46. The number of ether oxygens (including phenoxy) is 1. The van der Waals surface area contributed by atoms with Crippen molar-refractivity contribution in [3.63, 3.8) is 0 Å². The zero-order valence-corrected chi connectivity index (χ0v) is 11.4. The molecule has 0 fully saturated rings. The number of rotatable bonds is 5. The Morgan fingerprint density at radius 3 is 2.85 bits per heavy atom. The maximum Gasteiger partial charge on any atom is 0.337 e. The van der Waals surface area contributed by atoms with Gasteiger partial charge in [0.2, 0.25) is 0 Å². The van der Waals surface area contributed by atoms with Crippen LogP contribution in [0, 0.1) is 6.92 Å². The van der Waals surface area contributed by atoms with Gasteiger partial charge in [0.25, 0.3) is 0 Å². The maximum atomic E-state index is 11.2. The van der Waals surface area contributed by atoms with Crippen LogP contribution in [0.3, 0.4) is 0 Å². The molecule has 0 radical (unpaired) electrons. The van der Waals surface area contributed by atoms with E-state index in [4.69, 9.17) is 4.74 Å². The summed E-state index contributed by atoms with van der Waals surface area (Å²) in [5.41, 5.74) is 2.66. The van der Waals surface area contributed by atoms with Gasteiger partial charge in [0, 0.05) is 12.3 Å². The second-order valence-corrected chi connectivity index (χ2v) is 4.34. The van der Waals surface area contributed by atoms with E-state index in [0.717, 1.165) is 11.3 Å². The van der Waals surface area contributed by atoms with Crippen molar-refractivity contribution in [2.75, 3.05) is 12.4 Å². The first-order valence-electron chi connectivity index (χ1n) is 6.17. The molecule has 5 nitrogen and oxygen atoms in total. The van der Waals surface area contributed by atoms with Crippen molar-refractivity contribution >= 4 is 11.7 Å². The molecule has 0 bridgehead atoms. The molecule has 2 N–H and O–H groups in total. The monoisotopic (exact) mass is 272 g/mol. The van der Waals surface area contributed by atoms with Crippen LogP contribution in [0.15, 0.2) is 36.5 Å². The minimum Gasteiger partial charge on any atom is -0.497 e. The van der Waals surface area contributed by atoms with Crippen molar-refractivity contribution in [1.29, 1.82) is 0 Å². The van der Waals surface area contributed by atoms with Crippen molar-refractivity contribution in [3.05, 3.63) is 53.3 Å². The molecule has 0 unspecified atom stereocenters. The van der Waals surface area contributed by atoms with Crippen LogP contribution < -0.4 is 10.1 Å². The summed E-state index contributed by atoms with van der Waals surface area (Å²) < 4.78 is 5.12. The molecule has 2 aromatic rings. The molecule has 5 heteroatoms. The highest BCUT2D eigenvalue weighted by Gasteiger charge is 2.11. The van der Waals surface area contributed by atoms with Crippen LogP contribution in [0.25, 0.3) is 0 Å². The number of pyridine rings is 1. The molecule has 20 heavy (non-hydrogen) atoms. The quantitative estimate of drug-likeness (QED) is 0.875. The summed E-state index contributed by atoms with van der Waals surface area (Å²) in [5.74, 6) is -0.372. The Hall–Kier alpha value is -2.56. The smallest absolute Gasteiger partial charge is 0.337 e. The molecule has 104 valence electrons. The van der Waals surface area contributed by atoms with Gasteiger partial charge in [-0.1, -0.05) is 6.07 Å². The average molecular weight is 272 g/mol. The first-order chi connectivity index (χ1) is 9.61. The lowest BCUT2D eigenvalue weighted by Crippen LogP contribution is -2.08. The molecule has 0 aliphatic rings. The van der Waals surface area contributed by atoms with E-state index >= 15 is 0 Å². The molecule has 0 amide bonds. The van der Waals surface area contributed by atoms with E-state index in [2.05, 4.69) is 10.3 Å². The van der Waals surface area contributed by atoms with Crippen LogP contribution in [0.5, 0.6) is 5.75 Å². The SMILES string of the molecule is COc1ccc(C(=O)O)c(NCc2ncccc2C)c1. The van der Waals surface area contributed by atoms with Crippen LogP contribution in [-0.4, -0.2) is 23.2 Å². The zero-order valence-electron chi connectivity index (χ0n) is 11.4. The zero-order chi connectivity index (χ0) is 14.5. The second kappa shape index (κ2) is 6.06. The highest BCUT2D eigenvalue weighted by molar-refractivity contribution is 5.94. The van der Waals surface area contributed by atoms with Crippen LogP contribution >= 0.6 is 0 Å². The Kier molecular flexibility index (Phi) is 4.20. The van der Waals surface area contributed by atoms with E-state index < -0.39 is 5.97 Å². The Morgan fingerprint density at radius 1 is 1.40 bits per heavy atom. The van der Waals surface area contributed by atoms with Gasteiger partial charge in [0.1, 0.15) is 5.75 Å². The minimum atomic E-state index is -0.979. The predicted octanol–water partition coefficient (Wildman–Crippen LogP) is 2.71. The standard InChI is InChI=1S/C15H16N2O3/c1-10-4-3-7-16-14(10)9-17-13-8-11(20-2)5-6-12(13)15(18)19/h3-8,17H,9H2,1-2H3,(H,18,19). The van der Waals surface area contributed by atoms with Crippen molar-refractivity contribution < 1.29 is 14.6 Å². The number of hydrogen-bond donors (Lipinski definition) is 2. The molecule has 1 aromatic heterocycles. The molecule has 2 rings (SSSR count). The number of anilines is 1. The molecule has 0 saturated carbocycles. The first-order valence-corrected chi connectivity index (χ1v) is 6.17. The van der Waals surface area contributed by atoms with E-state index in [-0.39, 0.29) is 5.56 Å². The molecule has 1 heterocycles. The summed E-state index contributed by atoms with van der Waals surface area (Å²) in [6.07, 6.45) is 1.72. The summed E-state index contributed by atoms with van der Waals surface area (Å²) in [4.78, 5) is 15.5. The number of carboxylic acids is 1. The lowest BCUT2D eigenvalue weighted by atomic mass is 10.1. The maximum absolute atomic E-state index is 11.2. The van der Waals surface area contributed by atoms with Crippen LogP contribution in [0.2, 0.25) is 0 Å².